The lowest BCUT2D eigenvalue weighted by atomic mass is 9.93. The lowest BCUT2D eigenvalue weighted by Gasteiger charge is -2.19. The fourth-order valence-electron chi connectivity index (χ4n) is 4.30. The van der Waals surface area contributed by atoms with Crippen LogP contribution in [0.2, 0.25) is 0 Å². The average Bonchev–Trinajstić information content (AvgIpc) is 3.29. The number of ether oxygens (including phenoxy) is 1. The molecule has 0 bridgehead atoms. The summed E-state index contributed by atoms with van der Waals surface area (Å²) in [4.78, 5) is 21.9. The number of hydrogen-bond donors (Lipinski definition) is 2. The summed E-state index contributed by atoms with van der Waals surface area (Å²) in [6, 6.07) is 10.2. The van der Waals surface area contributed by atoms with Crippen LogP contribution in [-0.4, -0.2) is 52.8 Å². The Morgan fingerprint density at radius 3 is 3.14 bits per heavy atom. The van der Waals surface area contributed by atoms with Gasteiger partial charge in [0, 0.05) is 49.8 Å². The Hall–Kier alpha value is -2.77. The normalized spacial score (nSPS) is 21.7. The zero-order chi connectivity index (χ0) is 19.6. The minimum atomic E-state index is -0.112. The lowest BCUT2D eigenvalue weighted by Crippen LogP contribution is -2.40. The number of rotatable bonds is 4. The molecule has 0 spiro atoms. The number of nitrogens with one attached hydrogen (secondary N) is 2. The quantitative estimate of drug-likeness (QED) is 0.706. The molecule has 0 radical (unpaired) electrons. The molecule has 1 saturated heterocycles. The molecule has 2 aliphatic heterocycles. The van der Waals surface area contributed by atoms with Crippen LogP contribution in [0.1, 0.15) is 21.9 Å². The van der Waals surface area contributed by atoms with Gasteiger partial charge in [-0.2, -0.15) is 0 Å². The molecule has 0 unspecified atom stereocenters. The molecular formula is C22H25N5O2. The molecule has 1 fully saturated rings. The highest BCUT2D eigenvalue weighted by atomic mass is 16.5. The number of pyridine rings is 1. The Kier molecular flexibility index (Phi) is 4.99. The third-order valence-electron chi connectivity index (χ3n) is 5.88. The van der Waals surface area contributed by atoms with Crippen molar-refractivity contribution in [1.82, 2.24) is 25.2 Å². The molecular weight excluding hydrogens is 366 g/mol. The summed E-state index contributed by atoms with van der Waals surface area (Å²) >= 11 is 0. The second kappa shape index (κ2) is 7.93. The maximum atomic E-state index is 12.8. The van der Waals surface area contributed by atoms with Crippen molar-refractivity contribution < 1.29 is 9.53 Å². The van der Waals surface area contributed by atoms with Gasteiger partial charge >= 0.3 is 0 Å². The van der Waals surface area contributed by atoms with Crippen molar-refractivity contribution in [3.8, 4) is 0 Å². The molecule has 2 N–H and O–H groups in total. The largest absolute Gasteiger partial charge is 0.379 e. The first-order valence-corrected chi connectivity index (χ1v) is 10.3. The Labute approximate surface area is 169 Å². The second-order valence-electron chi connectivity index (χ2n) is 7.80. The SMILES string of the molecule is O=C(N[C@H]1COC[C@H]1Cc1ccnc2ccccc12)c1cn2c(n1)CCNCC2. The highest BCUT2D eigenvalue weighted by Gasteiger charge is 2.31. The summed E-state index contributed by atoms with van der Waals surface area (Å²) < 4.78 is 7.81. The number of hydrogen-bond acceptors (Lipinski definition) is 5. The molecule has 0 saturated carbocycles. The molecule has 2 atom stereocenters. The molecule has 4 heterocycles. The van der Waals surface area contributed by atoms with Gasteiger partial charge < -0.3 is 19.9 Å². The molecule has 3 aromatic rings. The van der Waals surface area contributed by atoms with Crippen molar-refractivity contribution in [3.05, 3.63) is 59.8 Å². The molecule has 1 amide bonds. The van der Waals surface area contributed by atoms with E-state index in [-0.39, 0.29) is 17.9 Å². The molecule has 7 heteroatoms. The van der Waals surface area contributed by atoms with E-state index in [4.69, 9.17) is 4.74 Å². The topological polar surface area (TPSA) is 81.1 Å². The maximum absolute atomic E-state index is 12.8. The molecule has 1 aromatic carbocycles. The monoisotopic (exact) mass is 391 g/mol. The van der Waals surface area contributed by atoms with Gasteiger partial charge in [-0.25, -0.2) is 4.98 Å². The molecule has 150 valence electrons. The minimum absolute atomic E-state index is 0.0161. The van der Waals surface area contributed by atoms with E-state index in [2.05, 4.69) is 37.3 Å². The first kappa shape index (κ1) is 18.3. The number of fused-ring (bicyclic) bond motifs is 2. The molecule has 2 aromatic heterocycles. The zero-order valence-electron chi connectivity index (χ0n) is 16.3. The Bertz CT molecular complexity index is 1000. The van der Waals surface area contributed by atoms with Crippen molar-refractivity contribution in [2.45, 2.75) is 25.4 Å². The number of carbonyl (C=O) groups is 1. The first-order valence-electron chi connectivity index (χ1n) is 10.3. The smallest absolute Gasteiger partial charge is 0.271 e. The van der Waals surface area contributed by atoms with E-state index in [0.29, 0.717) is 18.9 Å². The summed E-state index contributed by atoms with van der Waals surface area (Å²) in [5.41, 5.74) is 2.74. The molecule has 29 heavy (non-hydrogen) atoms. The standard InChI is InChI=1S/C22H25N5O2/c28-22(19-12-27-10-9-23-7-6-21(27)25-19)26-20-14-29-13-16(20)11-15-5-8-24-18-4-2-1-3-17(15)18/h1-5,8,12,16,20,23H,6-7,9-11,13-14H2,(H,26,28)/t16-,20+/m1/s1. The van der Waals surface area contributed by atoms with E-state index in [9.17, 15) is 4.79 Å². The number of para-hydroxylation sites is 1. The zero-order valence-corrected chi connectivity index (χ0v) is 16.3. The Balaban J connectivity index is 1.30. The van der Waals surface area contributed by atoms with E-state index in [0.717, 1.165) is 43.8 Å². The Morgan fingerprint density at radius 2 is 2.17 bits per heavy atom. The van der Waals surface area contributed by atoms with Crippen LogP contribution in [0.3, 0.4) is 0 Å². The van der Waals surface area contributed by atoms with Crippen molar-refractivity contribution in [2.24, 2.45) is 5.92 Å². The van der Waals surface area contributed by atoms with Gasteiger partial charge in [-0.3, -0.25) is 9.78 Å². The van der Waals surface area contributed by atoms with Crippen LogP contribution in [0.25, 0.3) is 10.9 Å². The van der Waals surface area contributed by atoms with Crippen LogP contribution in [0.5, 0.6) is 0 Å². The second-order valence-corrected chi connectivity index (χ2v) is 7.80. The van der Waals surface area contributed by atoms with Crippen molar-refractivity contribution in [1.29, 1.82) is 0 Å². The summed E-state index contributed by atoms with van der Waals surface area (Å²) in [5.74, 6) is 1.09. The van der Waals surface area contributed by atoms with Crippen LogP contribution in [0, 0.1) is 5.92 Å². The molecule has 2 aliphatic rings. The van der Waals surface area contributed by atoms with Gasteiger partial charge in [0.15, 0.2) is 0 Å². The summed E-state index contributed by atoms with van der Waals surface area (Å²) in [6.07, 6.45) is 5.42. The number of carbonyl (C=O) groups excluding carboxylic acids is 1. The van der Waals surface area contributed by atoms with Gasteiger partial charge in [-0.1, -0.05) is 18.2 Å². The number of benzene rings is 1. The summed E-state index contributed by atoms with van der Waals surface area (Å²) in [6.45, 7) is 3.84. The number of amides is 1. The average molecular weight is 391 g/mol. The predicted molar refractivity (Wildman–Crippen MR) is 110 cm³/mol. The predicted octanol–water partition coefficient (Wildman–Crippen LogP) is 1.56. The van der Waals surface area contributed by atoms with Crippen LogP contribution in [-0.2, 0) is 24.1 Å². The fraction of sp³-hybridized carbons (Fsp3) is 0.409. The van der Waals surface area contributed by atoms with Crippen LogP contribution >= 0.6 is 0 Å². The van der Waals surface area contributed by atoms with E-state index in [1.54, 1.807) is 0 Å². The summed E-state index contributed by atoms with van der Waals surface area (Å²) in [7, 11) is 0. The van der Waals surface area contributed by atoms with Gasteiger partial charge in [0.2, 0.25) is 0 Å². The lowest BCUT2D eigenvalue weighted by molar-refractivity contribution is 0.0920. The number of imidazole rings is 1. The molecule has 5 rings (SSSR count). The minimum Gasteiger partial charge on any atom is -0.379 e. The number of aromatic nitrogens is 3. The first-order chi connectivity index (χ1) is 14.3. The van der Waals surface area contributed by atoms with Gasteiger partial charge in [-0.15, -0.1) is 0 Å². The van der Waals surface area contributed by atoms with Crippen LogP contribution < -0.4 is 10.6 Å². The highest BCUT2D eigenvalue weighted by molar-refractivity contribution is 5.92. The van der Waals surface area contributed by atoms with Gasteiger partial charge in [0.05, 0.1) is 24.8 Å². The fourth-order valence-corrected chi connectivity index (χ4v) is 4.30. The van der Waals surface area contributed by atoms with Gasteiger partial charge in [0.1, 0.15) is 11.5 Å². The van der Waals surface area contributed by atoms with Crippen molar-refractivity contribution >= 4 is 16.8 Å². The third-order valence-corrected chi connectivity index (χ3v) is 5.88. The van der Waals surface area contributed by atoms with Gasteiger partial charge in [-0.05, 0) is 24.1 Å². The van der Waals surface area contributed by atoms with E-state index in [1.165, 1.54) is 10.9 Å². The third kappa shape index (κ3) is 3.75. The summed E-state index contributed by atoms with van der Waals surface area (Å²) in [5, 5.41) is 7.68. The van der Waals surface area contributed by atoms with Crippen LogP contribution in [0.15, 0.2) is 42.7 Å². The van der Waals surface area contributed by atoms with Crippen molar-refractivity contribution in [2.75, 3.05) is 26.3 Å². The van der Waals surface area contributed by atoms with Gasteiger partial charge in [0.25, 0.3) is 5.91 Å². The maximum Gasteiger partial charge on any atom is 0.271 e. The molecule has 0 aliphatic carbocycles. The van der Waals surface area contributed by atoms with Crippen LogP contribution in [0.4, 0.5) is 0 Å². The van der Waals surface area contributed by atoms with E-state index >= 15 is 0 Å². The van der Waals surface area contributed by atoms with E-state index in [1.807, 2.05) is 30.6 Å². The molecule has 7 nitrogen and oxygen atoms in total. The number of nitrogens with zero attached hydrogens (tertiary/aromatic N) is 3. The van der Waals surface area contributed by atoms with E-state index < -0.39 is 0 Å². The van der Waals surface area contributed by atoms with Crippen molar-refractivity contribution in [3.63, 3.8) is 0 Å². The highest BCUT2D eigenvalue weighted by Crippen LogP contribution is 2.24. The Morgan fingerprint density at radius 1 is 1.24 bits per heavy atom.